The molecule has 0 fully saturated rings. The lowest BCUT2D eigenvalue weighted by atomic mass is 10.0. The predicted molar refractivity (Wildman–Crippen MR) is 156 cm³/mol. The molecule has 0 aliphatic carbocycles. The topological polar surface area (TPSA) is 92.8 Å². The van der Waals surface area contributed by atoms with Crippen LogP contribution in [-0.2, 0) is 0 Å². The van der Waals surface area contributed by atoms with Crippen LogP contribution in [0.25, 0.3) is 22.0 Å². The molecule has 5 rings (SSSR count). The summed E-state index contributed by atoms with van der Waals surface area (Å²) >= 11 is 10.0. The van der Waals surface area contributed by atoms with Crippen molar-refractivity contribution in [2.45, 2.75) is 0 Å². The molecule has 0 unspecified atom stereocenters. The first-order valence-electron chi connectivity index (χ1n) is 11.8. The molecule has 0 saturated carbocycles. The number of nitrogens with one attached hydrogen (secondary N) is 2. The summed E-state index contributed by atoms with van der Waals surface area (Å²) in [4.78, 5) is 29.2. The molecule has 0 atom stereocenters. The van der Waals surface area contributed by atoms with Crippen molar-refractivity contribution in [3.63, 3.8) is 0 Å². The van der Waals surface area contributed by atoms with Crippen LogP contribution in [0.5, 0.6) is 11.5 Å². The molecule has 1 heterocycles. The molecule has 0 aliphatic heterocycles. The van der Waals surface area contributed by atoms with Crippen molar-refractivity contribution in [1.29, 1.82) is 0 Å². The van der Waals surface area contributed by atoms with Crippen molar-refractivity contribution in [3.05, 3.63) is 117 Å². The number of amides is 1. The summed E-state index contributed by atoms with van der Waals surface area (Å²) in [6.07, 6.45) is 1.42. The number of halogens is 2. The molecule has 0 aliphatic rings. The smallest absolute Gasteiger partial charge is 0.343 e. The summed E-state index contributed by atoms with van der Waals surface area (Å²) in [5, 5.41) is 5.49. The fraction of sp³-hybridized carbons (Fsp3) is 0.0333. The van der Waals surface area contributed by atoms with E-state index in [2.05, 4.69) is 31.4 Å². The quantitative estimate of drug-likeness (QED) is 0.0889. The van der Waals surface area contributed by atoms with Crippen LogP contribution in [0, 0.1) is 0 Å². The van der Waals surface area contributed by atoms with Crippen molar-refractivity contribution >= 4 is 56.5 Å². The number of H-pyrrole nitrogens is 1. The van der Waals surface area contributed by atoms with Gasteiger partial charge in [0.1, 0.15) is 17.2 Å². The molecular weight excluding hydrogens is 582 g/mol. The van der Waals surface area contributed by atoms with Crippen LogP contribution in [0.4, 0.5) is 0 Å². The lowest BCUT2D eigenvalue weighted by Crippen LogP contribution is -2.19. The number of hydrogen-bond donors (Lipinski definition) is 2. The van der Waals surface area contributed by atoms with Gasteiger partial charge in [-0.3, -0.25) is 4.79 Å². The van der Waals surface area contributed by atoms with E-state index in [0.717, 1.165) is 15.4 Å². The van der Waals surface area contributed by atoms with Crippen LogP contribution >= 0.6 is 27.5 Å². The van der Waals surface area contributed by atoms with Crippen LogP contribution in [-0.4, -0.2) is 30.2 Å². The molecule has 9 heteroatoms. The number of carbonyl (C=O) groups is 2. The van der Waals surface area contributed by atoms with Gasteiger partial charge in [0.05, 0.1) is 24.4 Å². The second-order valence-electron chi connectivity index (χ2n) is 8.38. The Morgan fingerprint density at radius 1 is 0.974 bits per heavy atom. The van der Waals surface area contributed by atoms with Gasteiger partial charge >= 0.3 is 5.97 Å². The van der Waals surface area contributed by atoms with E-state index >= 15 is 0 Å². The Balaban J connectivity index is 1.40. The zero-order valence-electron chi connectivity index (χ0n) is 20.6. The number of hydrogen-bond acceptors (Lipinski definition) is 5. The van der Waals surface area contributed by atoms with E-state index in [4.69, 9.17) is 21.1 Å². The zero-order chi connectivity index (χ0) is 27.4. The van der Waals surface area contributed by atoms with Crippen LogP contribution in [0.1, 0.15) is 26.4 Å². The van der Waals surface area contributed by atoms with Crippen molar-refractivity contribution < 1.29 is 19.1 Å². The molecule has 39 heavy (non-hydrogen) atoms. The lowest BCUT2D eigenvalue weighted by molar-refractivity contribution is 0.0733. The highest BCUT2D eigenvalue weighted by Gasteiger charge is 2.21. The second kappa shape index (κ2) is 11.6. The van der Waals surface area contributed by atoms with Crippen LogP contribution in [0.15, 0.2) is 101 Å². The molecule has 0 saturated heterocycles. The highest BCUT2D eigenvalue weighted by atomic mass is 79.9. The number of benzene rings is 4. The van der Waals surface area contributed by atoms with Gasteiger partial charge in [0, 0.05) is 31.6 Å². The first kappa shape index (κ1) is 26.2. The molecule has 2 N–H and O–H groups in total. The Kier molecular flexibility index (Phi) is 7.76. The third-order valence-corrected chi connectivity index (χ3v) is 6.94. The standard InChI is InChI=1S/C30H21BrClN3O4/c1-38-20-10-6-9-18(16-20)30(37)39-25-15-5-2-8-19(25)17-33-35-29(36)28-26(21-11-3-4-14-24(21)32)22-12-7-13-23(31)27(22)34-28/h2-17,34H,1H3,(H,35,36). The lowest BCUT2D eigenvalue weighted by Gasteiger charge is -2.08. The highest BCUT2D eigenvalue weighted by molar-refractivity contribution is 9.10. The number of esters is 1. The van der Waals surface area contributed by atoms with Crippen LogP contribution in [0.3, 0.4) is 0 Å². The van der Waals surface area contributed by atoms with Crippen LogP contribution in [0.2, 0.25) is 5.02 Å². The van der Waals surface area contributed by atoms with Crippen molar-refractivity contribution in [3.8, 4) is 22.6 Å². The number of aromatic nitrogens is 1. The number of carbonyl (C=O) groups excluding carboxylic acids is 2. The molecule has 1 amide bonds. The minimum Gasteiger partial charge on any atom is -0.497 e. The van der Waals surface area contributed by atoms with Gasteiger partial charge in [-0.2, -0.15) is 5.10 Å². The highest BCUT2D eigenvalue weighted by Crippen LogP contribution is 2.38. The fourth-order valence-corrected chi connectivity index (χ4v) is 4.80. The largest absolute Gasteiger partial charge is 0.497 e. The first-order valence-corrected chi connectivity index (χ1v) is 13.0. The maximum Gasteiger partial charge on any atom is 0.343 e. The first-order chi connectivity index (χ1) is 19.0. The number of para-hydroxylation sites is 2. The van der Waals surface area contributed by atoms with Gasteiger partial charge < -0.3 is 14.5 Å². The third kappa shape index (κ3) is 5.57. The van der Waals surface area contributed by atoms with E-state index in [1.54, 1.807) is 54.6 Å². The average Bonchev–Trinajstić information content (AvgIpc) is 3.35. The summed E-state index contributed by atoms with van der Waals surface area (Å²) in [7, 11) is 1.52. The monoisotopic (exact) mass is 601 g/mol. The van der Waals surface area contributed by atoms with E-state index in [0.29, 0.717) is 38.7 Å². The molecule has 7 nitrogen and oxygen atoms in total. The maximum atomic E-state index is 13.3. The van der Waals surface area contributed by atoms with E-state index in [-0.39, 0.29) is 5.75 Å². The van der Waals surface area contributed by atoms with Gasteiger partial charge in [-0.1, -0.05) is 60.1 Å². The van der Waals surface area contributed by atoms with E-state index in [1.807, 2.05) is 36.4 Å². The number of nitrogens with zero attached hydrogens (tertiary/aromatic N) is 1. The van der Waals surface area contributed by atoms with E-state index in [9.17, 15) is 9.59 Å². The minimum atomic E-state index is -0.549. The predicted octanol–water partition coefficient (Wildman–Crippen LogP) is 7.24. The number of ether oxygens (including phenoxy) is 2. The van der Waals surface area contributed by atoms with Gasteiger partial charge in [0.2, 0.25) is 0 Å². The molecule has 0 radical (unpaired) electrons. The summed E-state index contributed by atoms with van der Waals surface area (Å²) in [6, 6.07) is 26.6. The van der Waals surface area contributed by atoms with Gasteiger partial charge in [0.25, 0.3) is 5.91 Å². The van der Waals surface area contributed by atoms with Gasteiger partial charge in [0.15, 0.2) is 0 Å². The Hall–Kier alpha value is -4.40. The average molecular weight is 603 g/mol. The number of aromatic amines is 1. The number of rotatable bonds is 7. The third-order valence-electron chi connectivity index (χ3n) is 5.95. The Morgan fingerprint density at radius 3 is 2.56 bits per heavy atom. The number of methoxy groups -OCH3 is 1. The zero-order valence-corrected chi connectivity index (χ0v) is 22.9. The fourth-order valence-electron chi connectivity index (χ4n) is 4.10. The van der Waals surface area contributed by atoms with Gasteiger partial charge in [-0.05, 0) is 58.4 Å². The SMILES string of the molecule is COc1cccc(C(=O)Oc2ccccc2C=NNC(=O)c2[nH]c3c(Br)cccc3c2-c2ccccc2Cl)c1. The van der Waals surface area contributed by atoms with Gasteiger partial charge in [-0.15, -0.1) is 0 Å². The Labute approximate surface area is 237 Å². The summed E-state index contributed by atoms with van der Waals surface area (Å²) < 4.78 is 11.6. The number of hydrazone groups is 1. The molecule has 194 valence electrons. The molecule has 5 aromatic rings. The molecular formula is C30H21BrClN3O4. The molecule has 1 aromatic heterocycles. The van der Waals surface area contributed by atoms with Crippen molar-refractivity contribution in [1.82, 2.24) is 10.4 Å². The van der Waals surface area contributed by atoms with E-state index in [1.165, 1.54) is 13.3 Å². The molecule has 0 spiro atoms. The van der Waals surface area contributed by atoms with Crippen molar-refractivity contribution in [2.24, 2.45) is 5.10 Å². The molecule has 4 aromatic carbocycles. The van der Waals surface area contributed by atoms with E-state index < -0.39 is 11.9 Å². The number of fused-ring (bicyclic) bond motifs is 1. The normalized spacial score (nSPS) is 11.1. The summed E-state index contributed by atoms with van der Waals surface area (Å²) in [6.45, 7) is 0. The summed E-state index contributed by atoms with van der Waals surface area (Å²) in [5.41, 5.74) is 5.85. The van der Waals surface area contributed by atoms with Crippen molar-refractivity contribution in [2.75, 3.05) is 7.11 Å². The second-order valence-corrected chi connectivity index (χ2v) is 9.64. The minimum absolute atomic E-state index is 0.287. The Morgan fingerprint density at radius 2 is 1.74 bits per heavy atom. The van der Waals surface area contributed by atoms with Gasteiger partial charge in [-0.25, -0.2) is 10.2 Å². The Bertz CT molecular complexity index is 1730. The molecule has 0 bridgehead atoms. The maximum absolute atomic E-state index is 13.3. The summed E-state index contributed by atoms with van der Waals surface area (Å²) in [5.74, 6) is -0.182. The van der Waals surface area contributed by atoms with Crippen LogP contribution < -0.4 is 14.9 Å².